The molecule has 0 bridgehead atoms. The Balaban J connectivity index is 1.39. The Hall–Kier alpha value is -0.220. The van der Waals surface area contributed by atoms with E-state index in [4.69, 9.17) is 4.74 Å². The van der Waals surface area contributed by atoms with Gasteiger partial charge in [-0.2, -0.15) is 11.8 Å². The minimum Gasteiger partial charge on any atom is -0.374 e. The van der Waals surface area contributed by atoms with E-state index in [-0.39, 0.29) is 11.2 Å². The summed E-state index contributed by atoms with van der Waals surface area (Å²) in [4.78, 5) is 12.4. The average molecular weight is 378 g/mol. The van der Waals surface area contributed by atoms with Gasteiger partial charge in [0, 0.05) is 6.04 Å². The van der Waals surface area contributed by atoms with Crippen LogP contribution in [0.3, 0.4) is 0 Å². The summed E-state index contributed by atoms with van der Waals surface area (Å²) in [6.07, 6.45) is 14.7. The van der Waals surface area contributed by atoms with Crippen LogP contribution in [0.5, 0.6) is 0 Å². The van der Waals surface area contributed by atoms with Crippen molar-refractivity contribution in [1.82, 2.24) is 5.32 Å². The molecular formula is C22H35NO2S. The molecule has 1 heterocycles. The number of nitrogens with one attached hydrogen (secondary N) is 1. The van der Waals surface area contributed by atoms with Crippen molar-refractivity contribution in [2.75, 3.05) is 6.26 Å². The van der Waals surface area contributed by atoms with Crippen LogP contribution in [0.15, 0.2) is 0 Å². The molecular weight excluding hydrogens is 342 g/mol. The molecule has 26 heavy (non-hydrogen) atoms. The lowest BCUT2D eigenvalue weighted by Gasteiger charge is -2.60. The predicted molar refractivity (Wildman–Crippen MR) is 106 cm³/mol. The van der Waals surface area contributed by atoms with E-state index in [1.807, 2.05) is 0 Å². The highest BCUT2D eigenvalue weighted by Gasteiger charge is 2.61. The smallest absolute Gasteiger partial charge is 0.233 e. The van der Waals surface area contributed by atoms with Crippen LogP contribution in [0.4, 0.5) is 0 Å². The minimum absolute atomic E-state index is 0.151. The minimum atomic E-state index is 0.151. The molecule has 0 aromatic carbocycles. The Morgan fingerprint density at radius 2 is 1.77 bits per heavy atom. The van der Waals surface area contributed by atoms with Gasteiger partial charge in [0.1, 0.15) is 0 Å². The maximum Gasteiger partial charge on any atom is 0.233 e. The Morgan fingerprint density at radius 3 is 2.50 bits per heavy atom. The van der Waals surface area contributed by atoms with Gasteiger partial charge in [-0.05, 0) is 92.6 Å². The molecule has 1 aliphatic heterocycles. The molecule has 8 atom stereocenters. The first-order chi connectivity index (χ1) is 12.5. The van der Waals surface area contributed by atoms with Crippen molar-refractivity contribution in [2.45, 2.75) is 95.1 Å². The number of amides is 1. The van der Waals surface area contributed by atoms with Crippen LogP contribution in [0, 0.1) is 28.6 Å². The van der Waals surface area contributed by atoms with Crippen molar-refractivity contribution >= 4 is 17.7 Å². The number of ether oxygens (including phenoxy) is 1. The number of carbonyl (C=O) groups is 1. The normalized spacial score (nSPS) is 53.4. The highest BCUT2D eigenvalue weighted by Crippen LogP contribution is 2.65. The van der Waals surface area contributed by atoms with Gasteiger partial charge in [-0.1, -0.05) is 13.8 Å². The van der Waals surface area contributed by atoms with Crippen LogP contribution in [0.2, 0.25) is 0 Å². The van der Waals surface area contributed by atoms with Gasteiger partial charge in [0.2, 0.25) is 5.91 Å². The molecule has 1 amide bonds. The highest BCUT2D eigenvalue weighted by atomic mass is 32.2. The Kier molecular flexibility index (Phi) is 4.21. The molecule has 0 aromatic rings. The molecule has 0 aromatic heterocycles. The first-order valence-electron chi connectivity index (χ1n) is 10.9. The maximum absolute atomic E-state index is 12.4. The fraction of sp³-hybridized carbons (Fsp3) is 0.955. The summed E-state index contributed by atoms with van der Waals surface area (Å²) < 4.78 is 6.49. The van der Waals surface area contributed by atoms with E-state index in [2.05, 4.69) is 25.4 Å². The van der Waals surface area contributed by atoms with Gasteiger partial charge in [-0.3, -0.25) is 4.79 Å². The van der Waals surface area contributed by atoms with Crippen molar-refractivity contribution in [3.8, 4) is 0 Å². The highest BCUT2D eigenvalue weighted by molar-refractivity contribution is 7.99. The van der Waals surface area contributed by atoms with E-state index in [9.17, 15) is 4.79 Å². The number of hydrogen-bond donors (Lipinski definition) is 1. The molecule has 5 rings (SSSR count). The Labute approximate surface area is 162 Å². The third-order valence-electron chi connectivity index (χ3n) is 9.18. The van der Waals surface area contributed by atoms with E-state index in [0.717, 1.165) is 24.2 Å². The average Bonchev–Trinajstić information content (AvgIpc) is 3.37. The predicted octanol–water partition coefficient (Wildman–Crippen LogP) is 4.40. The summed E-state index contributed by atoms with van der Waals surface area (Å²) in [5.41, 5.74) is 0.699. The molecule has 1 N–H and O–H groups in total. The fourth-order valence-corrected chi connectivity index (χ4v) is 8.35. The van der Waals surface area contributed by atoms with Gasteiger partial charge in [-0.25, -0.2) is 0 Å². The SMILES string of the molecule is CS[C@@H]1C[C@]2(C)C3CC[C@]4(C)C(OC5CC5)CCC4C3CC[C@H]2NC1=O. The van der Waals surface area contributed by atoms with Gasteiger partial charge in [0.15, 0.2) is 0 Å². The number of carbonyl (C=O) groups excluding carboxylic acids is 1. The van der Waals surface area contributed by atoms with Crippen LogP contribution in [-0.4, -0.2) is 35.7 Å². The van der Waals surface area contributed by atoms with Crippen molar-refractivity contribution in [2.24, 2.45) is 28.6 Å². The lowest BCUT2D eigenvalue weighted by atomic mass is 9.47. The van der Waals surface area contributed by atoms with E-state index < -0.39 is 0 Å². The topological polar surface area (TPSA) is 38.3 Å². The second-order valence-corrected chi connectivity index (χ2v) is 11.4. The molecule has 5 aliphatic rings. The molecule has 5 fully saturated rings. The molecule has 4 aliphatic carbocycles. The van der Waals surface area contributed by atoms with Crippen molar-refractivity contribution in [3.63, 3.8) is 0 Å². The summed E-state index contributed by atoms with van der Waals surface area (Å²) in [5.74, 6) is 2.76. The van der Waals surface area contributed by atoms with Gasteiger partial charge in [0.05, 0.1) is 17.5 Å². The standard InChI is InChI=1S/C22H35NO2S/c1-21-11-10-16-14(15(21)7-9-19(21)25-13-4-5-13)6-8-18-22(16,2)12-17(26-3)20(24)23-18/h13-19H,4-12H2,1-3H3,(H,23,24)/t14?,15?,16?,17-,18-,19?,21+,22-/m1/s1. The largest absolute Gasteiger partial charge is 0.374 e. The zero-order valence-corrected chi connectivity index (χ0v) is 17.4. The van der Waals surface area contributed by atoms with Crippen molar-refractivity contribution < 1.29 is 9.53 Å². The zero-order chi connectivity index (χ0) is 18.1. The van der Waals surface area contributed by atoms with E-state index in [1.165, 1.54) is 51.4 Å². The van der Waals surface area contributed by atoms with Gasteiger partial charge < -0.3 is 10.1 Å². The van der Waals surface area contributed by atoms with Crippen LogP contribution in [-0.2, 0) is 9.53 Å². The second kappa shape index (κ2) is 6.14. The summed E-state index contributed by atoms with van der Waals surface area (Å²) in [5, 5.41) is 3.57. The summed E-state index contributed by atoms with van der Waals surface area (Å²) in [6.45, 7) is 5.06. The first kappa shape index (κ1) is 17.8. The number of piperidine rings is 1. The monoisotopic (exact) mass is 377 g/mol. The lowest BCUT2D eigenvalue weighted by Crippen LogP contribution is -2.64. The van der Waals surface area contributed by atoms with Gasteiger partial charge in [0.25, 0.3) is 0 Å². The molecule has 4 unspecified atom stereocenters. The number of thioether (sulfide) groups is 1. The molecule has 0 spiro atoms. The van der Waals surface area contributed by atoms with Crippen LogP contribution < -0.4 is 5.32 Å². The summed E-state index contributed by atoms with van der Waals surface area (Å²) in [6, 6.07) is 0.406. The molecule has 4 heteroatoms. The second-order valence-electron chi connectivity index (χ2n) is 10.4. The van der Waals surface area contributed by atoms with E-state index >= 15 is 0 Å². The number of fused-ring (bicyclic) bond motifs is 5. The van der Waals surface area contributed by atoms with E-state index in [0.29, 0.717) is 29.1 Å². The number of hydrogen-bond acceptors (Lipinski definition) is 3. The maximum atomic E-state index is 12.4. The number of rotatable bonds is 3. The van der Waals surface area contributed by atoms with E-state index in [1.54, 1.807) is 11.8 Å². The fourth-order valence-electron chi connectivity index (χ4n) is 7.55. The van der Waals surface area contributed by atoms with Crippen LogP contribution in [0.25, 0.3) is 0 Å². The molecule has 4 saturated carbocycles. The third kappa shape index (κ3) is 2.53. The summed E-state index contributed by atoms with van der Waals surface area (Å²) in [7, 11) is 0. The van der Waals surface area contributed by atoms with Gasteiger partial charge >= 0.3 is 0 Å². The van der Waals surface area contributed by atoms with Crippen LogP contribution in [0.1, 0.15) is 71.6 Å². The zero-order valence-electron chi connectivity index (χ0n) is 16.6. The van der Waals surface area contributed by atoms with Crippen molar-refractivity contribution in [3.05, 3.63) is 0 Å². The molecule has 146 valence electrons. The lowest BCUT2D eigenvalue weighted by molar-refractivity contribution is -0.140. The first-order valence-corrected chi connectivity index (χ1v) is 12.2. The quantitative estimate of drug-likeness (QED) is 0.792. The Bertz CT molecular complexity index is 593. The van der Waals surface area contributed by atoms with Gasteiger partial charge in [-0.15, -0.1) is 0 Å². The third-order valence-corrected chi connectivity index (χ3v) is 10.1. The molecule has 3 nitrogen and oxygen atoms in total. The summed E-state index contributed by atoms with van der Waals surface area (Å²) >= 11 is 1.75. The Morgan fingerprint density at radius 1 is 1.00 bits per heavy atom. The van der Waals surface area contributed by atoms with Crippen molar-refractivity contribution in [1.29, 1.82) is 0 Å². The molecule has 1 saturated heterocycles. The molecule has 0 radical (unpaired) electrons. The van der Waals surface area contributed by atoms with Crippen LogP contribution >= 0.6 is 11.8 Å².